The van der Waals surface area contributed by atoms with Gasteiger partial charge in [0.1, 0.15) is 12.4 Å². The summed E-state index contributed by atoms with van der Waals surface area (Å²) in [5.74, 6) is 0.555. The zero-order valence-corrected chi connectivity index (χ0v) is 18.2. The van der Waals surface area contributed by atoms with Gasteiger partial charge in [-0.2, -0.15) is 0 Å². The highest BCUT2D eigenvalue weighted by Crippen LogP contribution is 2.33. The Morgan fingerprint density at radius 2 is 1.93 bits per heavy atom. The number of ether oxygens (including phenoxy) is 2. The SMILES string of the molecule is CCCCOc1ccc2c(OC/C=C(\C)CCC=C(C)C)c(O)c(=O)n(C)c2c1. The van der Waals surface area contributed by atoms with E-state index >= 15 is 0 Å². The second kappa shape index (κ2) is 10.7. The number of fused-ring (bicyclic) bond motifs is 1. The van der Waals surface area contributed by atoms with Gasteiger partial charge in [0, 0.05) is 18.5 Å². The predicted molar refractivity (Wildman–Crippen MR) is 119 cm³/mol. The van der Waals surface area contributed by atoms with Crippen LogP contribution in [-0.4, -0.2) is 22.9 Å². The summed E-state index contributed by atoms with van der Waals surface area (Å²) in [7, 11) is 1.64. The van der Waals surface area contributed by atoms with Crippen molar-refractivity contribution in [1.29, 1.82) is 0 Å². The molecule has 0 fully saturated rings. The molecule has 5 nitrogen and oxygen atoms in total. The van der Waals surface area contributed by atoms with Crippen molar-refractivity contribution in [2.24, 2.45) is 7.05 Å². The molecule has 1 aromatic carbocycles. The maximum Gasteiger partial charge on any atom is 0.296 e. The van der Waals surface area contributed by atoms with Crippen LogP contribution in [0, 0.1) is 0 Å². The number of rotatable bonds is 10. The predicted octanol–water partition coefficient (Wildman–Crippen LogP) is 5.49. The fourth-order valence-corrected chi connectivity index (χ4v) is 3.00. The summed E-state index contributed by atoms with van der Waals surface area (Å²) < 4.78 is 13.0. The first-order chi connectivity index (χ1) is 13.8. The number of aromatic nitrogens is 1. The Hall–Kier alpha value is -2.69. The molecule has 158 valence electrons. The Bertz CT molecular complexity index is 949. The summed E-state index contributed by atoms with van der Waals surface area (Å²) in [4.78, 5) is 12.4. The molecular formula is C24H33NO4. The highest BCUT2D eigenvalue weighted by molar-refractivity contribution is 5.88. The molecule has 29 heavy (non-hydrogen) atoms. The number of allylic oxidation sites excluding steroid dienone is 3. The summed E-state index contributed by atoms with van der Waals surface area (Å²) in [6.07, 6.45) is 8.17. The van der Waals surface area contributed by atoms with Crippen LogP contribution in [0.1, 0.15) is 53.4 Å². The van der Waals surface area contributed by atoms with E-state index in [4.69, 9.17) is 9.47 Å². The molecule has 0 unspecified atom stereocenters. The molecule has 2 rings (SSSR count). The van der Waals surface area contributed by atoms with Gasteiger partial charge in [-0.3, -0.25) is 4.79 Å². The van der Waals surface area contributed by atoms with E-state index < -0.39 is 5.56 Å². The molecule has 0 atom stereocenters. The lowest BCUT2D eigenvalue weighted by Crippen LogP contribution is -2.18. The van der Waals surface area contributed by atoms with Crippen molar-refractivity contribution in [2.45, 2.75) is 53.4 Å². The number of hydrogen-bond acceptors (Lipinski definition) is 4. The van der Waals surface area contributed by atoms with E-state index in [-0.39, 0.29) is 11.5 Å². The van der Waals surface area contributed by atoms with E-state index in [9.17, 15) is 9.90 Å². The molecular weight excluding hydrogens is 366 g/mol. The molecule has 0 aliphatic carbocycles. The Morgan fingerprint density at radius 1 is 1.17 bits per heavy atom. The minimum absolute atomic E-state index is 0.219. The number of benzene rings is 1. The molecule has 0 spiro atoms. The van der Waals surface area contributed by atoms with Crippen molar-refractivity contribution in [3.63, 3.8) is 0 Å². The highest BCUT2D eigenvalue weighted by Gasteiger charge is 2.16. The molecule has 1 N–H and O–H groups in total. The van der Waals surface area contributed by atoms with Crippen molar-refractivity contribution in [3.05, 3.63) is 51.9 Å². The number of pyridine rings is 1. The molecule has 0 radical (unpaired) electrons. The van der Waals surface area contributed by atoms with Gasteiger partial charge in [-0.25, -0.2) is 0 Å². The van der Waals surface area contributed by atoms with Gasteiger partial charge in [-0.1, -0.05) is 30.6 Å². The van der Waals surface area contributed by atoms with Gasteiger partial charge < -0.3 is 19.1 Å². The third-order valence-corrected chi connectivity index (χ3v) is 4.81. The van der Waals surface area contributed by atoms with Crippen LogP contribution in [0.15, 0.2) is 46.3 Å². The van der Waals surface area contributed by atoms with Gasteiger partial charge in [0.05, 0.1) is 12.1 Å². The third kappa shape index (κ3) is 6.14. The molecule has 0 aliphatic rings. The third-order valence-electron chi connectivity index (χ3n) is 4.81. The monoisotopic (exact) mass is 399 g/mol. The normalized spacial score (nSPS) is 11.6. The topological polar surface area (TPSA) is 60.7 Å². The Morgan fingerprint density at radius 3 is 2.62 bits per heavy atom. The van der Waals surface area contributed by atoms with Gasteiger partial charge >= 0.3 is 0 Å². The van der Waals surface area contributed by atoms with Gasteiger partial charge in [0.25, 0.3) is 5.56 Å². The van der Waals surface area contributed by atoms with Gasteiger partial charge in [-0.15, -0.1) is 0 Å². The fraction of sp³-hybridized carbons (Fsp3) is 0.458. The van der Waals surface area contributed by atoms with Crippen LogP contribution in [0.4, 0.5) is 0 Å². The van der Waals surface area contributed by atoms with E-state index in [2.05, 4.69) is 33.8 Å². The molecule has 0 amide bonds. The van der Waals surface area contributed by atoms with E-state index in [0.29, 0.717) is 29.9 Å². The summed E-state index contributed by atoms with van der Waals surface area (Å²) in [5, 5.41) is 11.1. The van der Waals surface area contributed by atoms with Crippen LogP contribution in [0.5, 0.6) is 17.2 Å². The van der Waals surface area contributed by atoms with Gasteiger partial charge in [0.2, 0.25) is 5.75 Å². The largest absolute Gasteiger partial charge is 0.500 e. The second-order valence-electron chi connectivity index (χ2n) is 7.60. The van der Waals surface area contributed by atoms with Crippen LogP contribution in [0.2, 0.25) is 0 Å². The Labute approximate surface area is 173 Å². The second-order valence-corrected chi connectivity index (χ2v) is 7.60. The van der Waals surface area contributed by atoms with Crippen LogP contribution in [0.3, 0.4) is 0 Å². The lowest BCUT2D eigenvalue weighted by molar-refractivity contribution is 0.309. The standard InChI is InChI=1S/C24H33NO4/c1-6-7-14-28-19-11-12-20-21(16-19)25(5)24(27)22(26)23(20)29-15-13-18(4)10-8-9-17(2)3/h9,11-13,16,26H,6-8,10,14-15H2,1-5H3/b18-13+. The summed E-state index contributed by atoms with van der Waals surface area (Å²) >= 11 is 0. The first-order valence-corrected chi connectivity index (χ1v) is 10.3. The summed E-state index contributed by atoms with van der Waals surface area (Å²) in [6, 6.07) is 5.49. The molecule has 0 bridgehead atoms. The van der Waals surface area contributed by atoms with Crippen molar-refractivity contribution in [1.82, 2.24) is 4.57 Å². The zero-order chi connectivity index (χ0) is 21.4. The lowest BCUT2D eigenvalue weighted by atomic mass is 10.1. The molecule has 1 aromatic heterocycles. The quantitative estimate of drug-likeness (QED) is 0.424. The Balaban J connectivity index is 2.24. The molecule has 5 heteroatoms. The zero-order valence-electron chi connectivity index (χ0n) is 18.2. The van der Waals surface area contributed by atoms with Gasteiger partial charge in [0.15, 0.2) is 5.75 Å². The van der Waals surface area contributed by atoms with Crippen LogP contribution >= 0.6 is 0 Å². The molecule has 0 saturated carbocycles. The molecule has 1 heterocycles. The number of nitrogens with zero attached hydrogens (tertiary/aromatic N) is 1. The minimum Gasteiger partial charge on any atom is -0.500 e. The van der Waals surface area contributed by atoms with E-state index in [0.717, 1.165) is 25.7 Å². The first kappa shape index (κ1) is 22.6. The van der Waals surface area contributed by atoms with Crippen molar-refractivity contribution in [2.75, 3.05) is 13.2 Å². The number of hydrogen-bond donors (Lipinski definition) is 1. The van der Waals surface area contributed by atoms with Crippen LogP contribution < -0.4 is 15.0 Å². The summed E-state index contributed by atoms with van der Waals surface area (Å²) in [5.41, 5.74) is 2.70. The highest BCUT2D eigenvalue weighted by atomic mass is 16.5. The Kier molecular flexibility index (Phi) is 8.37. The lowest BCUT2D eigenvalue weighted by Gasteiger charge is -2.14. The van der Waals surface area contributed by atoms with Crippen LogP contribution in [0.25, 0.3) is 10.9 Å². The van der Waals surface area contributed by atoms with E-state index in [1.54, 1.807) is 7.05 Å². The number of aromatic hydroxyl groups is 1. The van der Waals surface area contributed by atoms with Crippen molar-refractivity contribution < 1.29 is 14.6 Å². The smallest absolute Gasteiger partial charge is 0.296 e. The summed E-state index contributed by atoms with van der Waals surface area (Å²) in [6.45, 7) is 9.28. The first-order valence-electron chi connectivity index (χ1n) is 10.3. The maximum atomic E-state index is 12.4. The number of unbranched alkanes of at least 4 members (excludes halogenated alkanes) is 1. The molecule has 0 saturated heterocycles. The van der Waals surface area contributed by atoms with Crippen LogP contribution in [-0.2, 0) is 7.05 Å². The van der Waals surface area contributed by atoms with Gasteiger partial charge in [-0.05, 0) is 58.2 Å². The van der Waals surface area contributed by atoms with Crippen molar-refractivity contribution >= 4 is 10.9 Å². The average Bonchev–Trinajstić information content (AvgIpc) is 2.69. The molecule has 2 aromatic rings. The van der Waals surface area contributed by atoms with Crippen molar-refractivity contribution in [3.8, 4) is 17.2 Å². The maximum absolute atomic E-state index is 12.4. The average molecular weight is 400 g/mol. The van der Waals surface area contributed by atoms with E-state index in [1.807, 2.05) is 24.3 Å². The fourth-order valence-electron chi connectivity index (χ4n) is 3.00. The minimum atomic E-state index is -0.484. The van der Waals surface area contributed by atoms with E-state index in [1.165, 1.54) is 15.7 Å². The molecule has 0 aliphatic heterocycles. The number of aryl methyl sites for hydroxylation is 1.